The van der Waals surface area contributed by atoms with Crippen molar-refractivity contribution < 1.29 is 0 Å². The molecule has 1 aromatic heterocycles. The Kier molecular flexibility index (Phi) is 3.35. The predicted molar refractivity (Wildman–Crippen MR) is 69.8 cm³/mol. The summed E-state index contributed by atoms with van der Waals surface area (Å²) in [6, 6.07) is 10.0. The van der Waals surface area contributed by atoms with Crippen LogP contribution in [0, 0.1) is 5.92 Å². The van der Waals surface area contributed by atoms with Crippen LogP contribution in [0.25, 0.3) is 11.4 Å². The average molecular weight is 242 g/mol. The van der Waals surface area contributed by atoms with E-state index in [1.54, 1.807) is 4.80 Å². The number of rotatable bonds is 3. The molecule has 1 aromatic carbocycles. The first-order chi connectivity index (χ1) is 8.92. The molecule has 0 aliphatic heterocycles. The molecule has 1 saturated carbocycles. The SMILES string of the molecule is c1ccc(-c2nnn(CC3CCCCC3)n2)cc1. The maximum absolute atomic E-state index is 4.47. The third-order valence-corrected chi connectivity index (χ3v) is 3.63. The van der Waals surface area contributed by atoms with Gasteiger partial charge in [-0.15, -0.1) is 10.2 Å². The summed E-state index contributed by atoms with van der Waals surface area (Å²) in [5, 5.41) is 12.8. The molecule has 0 N–H and O–H groups in total. The first-order valence-electron chi connectivity index (χ1n) is 6.75. The van der Waals surface area contributed by atoms with E-state index in [9.17, 15) is 0 Å². The number of benzene rings is 1. The molecule has 18 heavy (non-hydrogen) atoms. The number of nitrogens with zero attached hydrogens (tertiary/aromatic N) is 4. The molecule has 0 atom stereocenters. The van der Waals surface area contributed by atoms with Crippen molar-refractivity contribution in [3.05, 3.63) is 30.3 Å². The van der Waals surface area contributed by atoms with Crippen molar-refractivity contribution in [1.29, 1.82) is 0 Å². The molecular weight excluding hydrogens is 224 g/mol. The van der Waals surface area contributed by atoms with Crippen LogP contribution in [-0.2, 0) is 6.54 Å². The van der Waals surface area contributed by atoms with Gasteiger partial charge in [0.2, 0.25) is 5.82 Å². The minimum atomic E-state index is 0.728. The molecule has 4 nitrogen and oxygen atoms in total. The molecule has 94 valence electrons. The molecule has 0 spiro atoms. The summed E-state index contributed by atoms with van der Waals surface area (Å²) in [6.45, 7) is 0.917. The van der Waals surface area contributed by atoms with Crippen molar-refractivity contribution in [3.63, 3.8) is 0 Å². The van der Waals surface area contributed by atoms with Crippen LogP contribution in [0.3, 0.4) is 0 Å². The summed E-state index contributed by atoms with van der Waals surface area (Å²) in [5.41, 5.74) is 1.03. The molecule has 1 heterocycles. The Balaban J connectivity index is 1.69. The topological polar surface area (TPSA) is 43.6 Å². The van der Waals surface area contributed by atoms with Crippen LogP contribution >= 0.6 is 0 Å². The standard InChI is InChI=1S/C14H18N4/c1-3-7-12(8-4-1)11-18-16-14(15-17-18)13-9-5-2-6-10-13/h2,5-6,9-10,12H,1,3-4,7-8,11H2. The first kappa shape index (κ1) is 11.4. The van der Waals surface area contributed by atoms with Gasteiger partial charge >= 0.3 is 0 Å². The third kappa shape index (κ3) is 2.58. The van der Waals surface area contributed by atoms with Crippen LogP contribution in [0.1, 0.15) is 32.1 Å². The fourth-order valence-corrected chi connectivity index (χ4v) is 2.62. The number of tetrazole rings is 1. The normalized spacial score (nSPS) is 16.9. The summed E-state index contributed by atoms with van der Waals surface area (Å²) in [7, 11) is 0. The largest absolute Gasteiger partial charge is 0.204 e. The number of hydrogen-bond donors (Lipinski definition) is 0. The van der Waals surface area contributed by atoms with Crippen LogP contribution in [0.4, 0.5) is 0 Å². The van der Waals surface area contributed by atoms with Crippen LogP contribution < -0.4 is 0 Å². The van der Waals surface area contributed by atoms with E-state index >= 15 is 0 Å². The van der Waals surface area contributed by atoms with E-state index < -0.39 is 0 Å². The van der Waals surface area contributed by atoms with Crippen molar-refractivity contribution in [2.75, 3.05) is 0 Å². The number of hydrogen-bond acceptors (Lipinski definition) is 3. The van der Waals surface area contributed by atoms with E-state index in [1.165, 1.54) is 32.1 Å². The highest BCUT2D eigenvalue weighted by Gasteiger charge is 2.15. The highest BCUT2D eigenvalue weighted by molar-refractivity contribution is 5.52. The second kappa shape index (κ2) is 5.29. The molecule has 3 rings (SSSR count). The first-order valence-corrected chi connectivity index (χ1v) is 6.75. The zero-order valence-corrected chi connectivity index (χ0v) is 10.5. The van der Waals surface area contributed by atoms with Crippen LogP contribution in [0.2, 0.25) is 0 Å². The lowest BCUT2D eigenvalue weighted by atomic mass is 9.89. The maximum Gasteiger partial charge on any atom is 0.204 e. The Hall–Kier alpha value is -1.71. The zero-order chi connectivity index (χ0) is 12.2. The van der Waals surface area contributed by atoms with Crippen molar-refractivity contribution in [3.8, 4) is 11.4 Å². The lowest BCUT2D eigenvalue weighted by Gasteiger charge is -2.20. The third-order valence-electron chi connectivity index (χ3n) is 3.63. The highest BCUT2D eigenvalue weighted by atomic mass is 15.6. The molecule has 0 saturated heterocycles. The summed E-state index contributed by atoms with van der Waals surface area (Å²) < 4.78 is 0. The van der Waals surface area contributed by atoms with E-state index in [-0.39, 0.29) is 0 Å². The average Bonchev–Trinajstić information content (AvgIpc) is 2.89. The van der Waals surface area contributed by atoms with Crippen molar-refractivity contribution >= 4 is 0 Å². The van der Waals surface area contributed by atoms with Gasteiger partial charge in [-0.25, -0.2) is 0 Å². The Morgan fingerprint density at radius 2 is 1.83 bits per heavy atom. The highest BCUT2D eigenvalue weighted by Crippen LogP contribution is 2.24. The molecule has 1 aliphatic carbocycles. The Morgan fingerprint density at radius 1 is 1.06 bits per heavy atom. The van der Waals surface area contributed by atoms with E-state index in [0.717, 1.165) is 23.9 Å². The summed E-state index contributed by atoms with van der Waals surface area (Å²) in [4.78, 5) is 1.76. The molecule has 4 heteroatoms. The number of aromatic nitrogens is 4. The van der Waals surface area contributed by atoms with Crippen LogP contribution in [0.15, 0.2) is 30.3 Å². The van der Waals surface area contributed by atoms with Gasteiger partial charge in [-0.05, 0) is 24.0 Å². The quantitative estimate of drug-likeness (QED) is 0.831. The molecule has 0 radical (unpaired) electrons. The second-order valence-corrected chi connectivity index (χ2v) is 5.04. The van der Waals surface area contributed by atoms with Gasteiger partial charge in [0.1, 0.15) is 0 Å². The minimum Gasteiger partial charge on any atom is -0.164 e. The molecule has 1 fully saturated rings. The Bertz CT molecular complexity index is 486. The molecule has 0 bridgehead atoms. The lowest BCUT2D eigenvalue weighted by Crippen LogP contribution is -2.16. The van der Waals surface area contributed by atoms with Crippen LogP contribution in [0.5, 0.6) is 0 Å². The van der Waals surface area contributed by atoms with Crippen molar-refractivity contribution in [2.24, 2.45) is 5.92 Å². The van der Waals surface area contributed by atoms with E-state index in [0.29, 0.717) is 0 Å². The molecular formula is C14H18N4. The Labute approximate surface area is 107 Å². The lowest BCUT2D eigenvalue weighted by molar-refractivity contribution is 0.291. The maximum atomic E-state index is 4.47. The second-order valence-electron chi connectivity index (χ2n) is 5.04. The monoisotopic (exact) mass is 242 g/mol. The molecule has 2 aromatic rings. The Morgan fingerprint density at radius 3 is 2.61 bits per heavy atom. The summed E-state index contributed by atoms with van der Waals surface area (Å²) >= 11 is 0. The van der Waals surface area contributed by atoms with E-state index in [4.69, 9.17) is 0 Å². The van der Waals surface area contributed by atoms with Gasteiger partial charge in [0.25, 0.3) is 0 Å². The van der Waals surface area contributed by atoms with Crippen LogP contribution in [-0.4, -0.2) is 20.2 Å². The zero-order valence-electron chi connectivity index (χ0n) is 10.5. The van der Waals surface area contributed by atoms with E-state index in [1.807, 2.05) is 30.3 Å². The van der Waals surface area contributed by atoms with Gasteiger partial charge < -0.3 is 0 Å². The van der Waals surface area contributed by atoms with Gasteiger partial charge in [-0.2, -0.15) is 4.80 Å². The smallest absolute Gasteiger partial charge is 0.164 e. The molecule has 0 amide bonds. The van der Waals surface area contributed by atoms with Gasteiger partial charge in [0, 0.05) is 5.56 Å². The minimum absolute atomic E-state index is 0.728. The predicted octanol–water partition coefficient (Wildman–Crippen LogP) is 2.92. The van der Waals surface area contributed by atoms with Crippen molar-refractivity contribution in [2.45, 2.75) is 38.6 Å². The van der Waals surface area contributed by atoms with Gasteiger partial charge in [0.05, 0.1) is 6.54 Å². The van der Waals surface area contributed by atoms with Gasteiger partial charge in [-0.1, -0.05) is 49.6 Å². The fourth-order valence-electron chi connectivity index (χ4n) is 2.62. The summed E-state index contributed by atoms with van der Waals surface area (Å²) in [6.07, 6.45) is 6.71. The molecule has 1 aliphatic rings. The van der Waals surface area contributed by atoms with Gasteiger partial charge in [-0.3, -0.25) is 0 Å². The molecule has 0 unspecified atom stereocenters. The fraction of sp³-hybridized carbons (Fsp3) is 0.500. The summed E-state index contributed by atoms with van der Waals surface area (Å²) in [5.74, 6) is 1.46. The van der Waals surface area contributed by atoms with Gasteiger partial charge in [0.15, 0.2) is 0 Å². The van der Waals surface area contributed by atoms with E-state index in [2.05, 4.69) is 15.4 Å². The van der Waals surface area contributed by atoms with Crippen molar-refractivity contribution in [1.82, 2.24) is 20.2 Å².